The van der Waals surface area contributed by atoms with Crippen LogP contribution in [0.1, 0.15) is 6.92 Å². The van der Waals surface area contributed by atoms with Crippen LogP contribution in [0.4, 0.5) is 0 Å². The Labute approximate surface area is 58.4 Å². The van der Waals surface area contributed by atoms with Crippen molar-refractivity contribution >= 4 is 10.1 Å². The van der Waals surface area contributed by atoms with Gasteiger partial charge in [-0.1, -0.05) is 6.92 Å². The first-order valence-electron chi connectivity index (χ1n) is 1.50. The van der Waals surface area contributed by atoms with Crippen molar-refractivity contribution in [2.24, 2.45) is 0 Å². The van der Waals surface area contributed by atoms with Gasteiger partial charge in [-0.05, 0) is 0 Å². The van der Waals surface area contributed by atoms with Gasteiger partial charge >= 0.3 is 22.4 Å². The van der Waals surface area contributed by atoms with Crippen molar-refractivity contribution in [1.82, 2.24) is 0 Å². The molecule has 0 aliphatic heterocycles. The van der Waals surface area contributed by atoms with E-state index in [1.54, 1.807) is 0 Å². The van der Waals surface area contributed by atoms with Crippen molar-refractivity contribution in [3.05, 3.63) is 0 Å². The first kappa shape index (κ1) is 10.6. The van der Waals surface area contributed by atoms with Crippen molar-refractivity contribution < 1.29 is 35.4 Å². The van der Waals surface area contributed by atoms with Crippen LogP contribution in [-0.4, -0.2) is 18.7 Å². The zero-order chi connectivity index (χ0) is 5.21. The second-order valence-corrected chi connectivity index (χ2v) is 2.54. The van der Waals surface area contributed by atoms with Crippen molar-refractivity contribution in [3.63, 3.8) is 0 Å². The fraction of sp³-hybridized carbons (Fsp3) is 1.00. The summed E-state index contributed by atoms with van der Waals surface area (Å²) in [4.78, 5) is 0. The van der Waals surface area contributed by atoms with E-state index in [1.165, 1.54) is 6.92 Å². The Hall–Kier alpha value is 0.650. The molecule has 0 aromatic rings. The largest absolute Gasteiger partial charge is 1.00 e. The van der Waals surface area contributed by atoms with Crippen LogP contribution in [0.2, 0.25) is 0 Å². The van der Waals surface area contributed by atoms with Gasteiger partial charge in [-0.15, -0.1) is 0 Å². The number of hydrogen-bond acceptors (Lipinski definition) is 3. The Bertz CT molecular complexity index is 115. The second-order valence-electron chi connectivity index (χ2n) is 0.846. The Morgan fingerprint density at radius 1 is 1.57 bits per heavy atom. The molecule has 0 aromatic heterocycles. The molecule has 0 saturated heterocycles. The van der Waals surface area contributed by atoms with Gasteiger partial charge in [-0.25, -0.2) is 8.42 Å². The molecule has 0 fully saturated rings. The quantitative estimate of drug-likeness (QED) is 0.441. The van der Waals surface area contributed by atoms with Gasteiger partial charge in [0.1, 0.15) is 0 Å². The predicted molar refractivity (Wildman–Crippen MR) is 20.2 cm³/mol. The van der Waals surface area contributed by atoms with Crippen LogP contribution in [0.25, 0.3) is 0 Å². The summed E-state index contributed by atoms with van der Waals surface area (Å²) < 4.78 is 28.3. The van der Waals surface area contributed by atoms with Crippen molar-refractivity contribution in [2.75, 3.05) is 5.75 Å². The molecular formula is C2H5AgO3S. The fourth-order valence-corrected chi connectivity index (χ4v) is 0. The summed E-state index contributed by atoms with van der Waals surface area (Å²) in [6.45, 7) is 1.31. The summed E-state index contributed by atoms with van der Waals surface area (Å²) in [5.74, 6) is -0.312. The van der Waals surface area contributed by atoms with Crippen LogP contribution in [0.15, 0.2) is 0 Å². The van der Waals surface area contributed by atoms with E-state index < -0.39 is 10.1 Å². The van der Waals surface area contributed by atoms with Crippen LogP contribution >= 0.6 is 0 Å². The Morgan fingerprint density at radius 2 is 1.71 bits per heavy atom. The van der Waals surface area contributed by atoms with Crippen molar-refractivity contribution in [1.29, 1.82) is 0 Å². The Balaban J connectivity index is 0. The van der Waals surface area contributed by atoms with Gasteiger partial charge in [-0.3, -0.25) is 0 Å². The zero-order valence-electron chi connectivity index (χ0n) is 3.64. The van der Waals surface area contributed by atoms with E-state index in [4.69, 9.17) is 0 Å². The molecular weight excluding hydrogens is 212 g/mol. The molecule has 0 rings (SSSR count). The standard InChI is InChI=1S/C2H6O3S.Ag/c1-2-6(3,4)5;/h2H2,1H3,(H,3,4,5);/q;+1/p-1. The molecule has 0 bridgehead atoms. The topological polar surface area (TPSA) is 57.2 Å². The molecule has 0 heterocycles. The molecule has 0 aromatic carbocycles. The van der Waals surface area contributed by atoms with Gasteiger partial charge in [0.25, 0.3) is 0 Å². The summed E-state index contributed by atoms with van der Waals surface area (Å²) in [6, 6.07) is 0. The van der Waals surface area contributed by atoms with E-state index in [1.807, 2.05) is 0 Å². The Kier molecular flexibility index (Phi) is 5.49. The van der Waals surface area contributed by atoms with Crippen LogP contribution < -0.4 is 0 Å². The van der Waals surface area contributed by atoms with Crippen LogP contribution in [0.3, 0.4) is 0 Å². The third-order valence-corrected chi connectivity index (χ3v) is 1.06. The third kappa shape index (κ3) is 10.8. The second kappa shape index (κ2) is 3.63. The van der Waals surface area contributed by atoms with Gasteiger partial charge < -0.3 is 4.55 Å². The summed E-state index contributed by atoms with van der Waals surface area (Å²) in [7, 11) is -3.91. The smallest absolute Gasteiger partial charge is 0.748 e. The van der Waals surface area contributed by atoms with Crippen molar-refractivity contribution in [2.45, 2.75) is 6.92 Å². The van der Waals surface area contributed by atoms with E-state index in [-0.39, 0.29) is 28.1 Å². The maximum Gasteiger partial charge on any atom is 1.00 e. The average molecular weight is 217 g/mol. The summed E-state index contributed by atoms with van der Waals surface area (Å²) >= 11 is 0. The molecule has 3 nitrogen and oxygen atoms in total. The van der Waals surface area contributed by atoms with E-state index in [9.17, 15) is 13.0 Å². The minimum absolute atomic E-state index is 0. The van der Waals surface area contributed by atoms with Crippen LogP contribution in [0.5, 0.6) is 0 Å². The van der Waals surface area contributed by atoms with Gasteiger partial charge in [0.2, 0.25) is 0 Å². The molecule has 0 saturated carbocycles. The molecule has 0 aliphatic carbocycles. The van der Waals surface area contributed by atoms with Gasteiger partial charge in [-0.2, -0.15) is 0 Å². The van der Waals surface area contributed by atoms with E-state index in [2.05, 4.69) is 0 Å². The summed E-state index contributed by atoms with van der Waals surface area (Å²) in [5, 5.41) is 0. The Morgan fingerprint density at radius 3 is 1.71 bits per heavy atom. The minimum Gasteiger partial charge on any atom is -0.748 e. The molecule has 0 atom stereocenters. The predicted octanol–water partition coefficient (Wildman–Crippen LogP) is -0.451. The third-order valence-electron chi connectivity index (χ3n) is 0.354. The van der Waals surface area contributed by atoms with E-state index in [0.717, 1.165) is 0 Å². The minimum atomic E-state index is -3.91. The van der Waals surface area contributed by atoms with E-state index >= 15 is 0 Å². The maximum atomic E-state index is 9.44. The first-order chi connectivity index (χ1) is 2.56. The first-order valence-corrected chi connectivity index (χ1v) is 3.07. The molecule has 48 valence electrons. The summed E-state index contributed by atoms with van der Waals surface area (Å²) in [6.07, 6.45) is 0. The van der Waals surface area contributed by atoms with Gasteiger partial charge in [0.05, 0.1) is 10.1 Å². The SMILES string of the molecule is CCS(=O)(=O)[O-].[Ag+]. The number of hydrogen-bond donors (Lipinski definition) is 0. The van der Waals surface area contributed by atoms with Crippen molar-refractivity contribution in [3.8, 4) is 0 Å². The molecule has 0 aliphatic rings. The van der Waals surface area contributed by atoms with Crippen LogP contribution in [0, 0.1) is 0 Å². The fourth-order valence-electron chi connectivity index (χ4n) is 0. The monoisotopic (exact) mass is 216 g/mol. The average Bonchev–Trinajstić information content (AvgIpc) is 1.35. The molecule has 5 heteroatoms. The van der Waals surface area contributed by atoms with Gasteiger partial charge in [0, 0.05) is 5.75 Å². The normalized spacial score (nSPS) is 10.0. The molecule has 0 N–H and O–H groups in total. The number of rotatable bonds is 1. The molecule has 0 amide bonds. The van der Waals surface area contributed by atoms with Gasteiger partial charge in [0.15, 0.2) is 0 Å². The zero-order valence-corrected chi connectivity index (χ0v) is 5.94. The summed E-state index contributed by atoms with van der Waals surface area (Å²) in [5.41, 5.74) is 0. The molecule has 7 heavy (non-hydrogen) atoms. The molecule has 0 spiro atoms. The molecule has 0 unspecified atom stereocenters. The molecule has 0 radical (unpaired) electrons. The maximum absolute atomic E-state index is 9.44. The van der Waals surface area contributed by atoms with Crippen LogP contribution in [-0.2, 0) is 32.5 Å². The van der Waals surface area contributed by atoms with E-state index in [0.29, 0.717) is 0 Å².